The SMILES string of the molecule is C[S+]([O-])c1ccccc1-c1ccc2c(c1)sc1ccccc12. The first kappa shape index (κ1) is 13.8. The van der Waals surface area contributed by atoms with Crippen LogP contribution in [-0.2, 0) is 11.2 Å². The smallest absolute Gasteiger partial charge is 0.160 e. The lowest BCUT2D eigenvalue weighted by Crippen LogP contribution is -1.99. The van der Waals surface area contributed by atoms with Gasteiger partial charge in [0, 0.05) is 25.7 Å². The molecule has 22 heavy (non-hydrogen) atoms. The Morgan fingerprint density at radius 1 is 0.818 bits per heavy atom. The minimum Gasteiger partial charge on any atom is -0.612 e. The number of thiophene rings is 1. The van der Waals surface area contributed by atoms with Crippen LogP contribution in [0, 0.1) is 0 Å². The maximum Gasteiger partial charge on any atom is 0.160 e. The third-order valence-electron chi connectivity index (χ3n) is 3.89. The fraction of sp³-hybridized carbons (Fsp3) is 0.0526. The van der Waals surface area contributed by atoms with Crippen molar-refractivity contribution in [3.05, 3.63) is 66.7 Å². The molecule has 0 saturated carbocycles. The van der Waals surface area contributed by atoms with Crippen molar-refractivity contribution in [1.82, 2.24) is 0 Å². The van der Waals surface area contributed by atoms with Crippen molar-refractivity contribution in [2.45, 2.75) is 4.90 Å². The molecule has 1 atom stereocenters. The second-order valence-electron chi connectivity index (χ2n) is 5.26. The van der Waals surface area contributed by atoms with Crippen LogP contribution in [0.5, 0.6) is 0 Å². The van der Waals surface area contributed by atoms with Crippen molar-refractivity contribution in [3.63, 3.8) is 0 Å². The van der Waals surface area contributed by atoms with E-state index in [1.807, 2.05) is 35.6 Å². The van der Waals surface area contributed by atoms with Gasteiger partial charge in [-0.05, 0) is 41.0 Å². The van der Waals surface area contributed by atoms with E-state index >= 15 is 0 Å². The zero-order chi connectivity index (χ0) is 15.1. The summed E-state index contributed by atoms with van der Waals surface area (Å²) in [7, 11) is 0. The molecule has 0 aliphatic heterocycles. The van der Waals surface area contributed by atoms with Crippen LogP contribution < -0.4 is 0 Å². The van der Waals surface area contributed by atoms with E-state index in [-0.39, 0.29) is 0 Å². The number of rotatable bonds is 2. The number of hydrogen-bond donors (Lipinski definition) is 0. The fourth-order valence-electron chi connectivity index (χ4n) is 2.85. The van der Waals surface area contributed by atoms with E-state index in [0.29, 0.717) is 0 Å². The molecule has 1 heterocycles. The first-order valence-electron chi connectivity index (χ1n) is 7.08. The summed E-state index contributed by atoms with van der Waals surface area (Å²) in [4.78, 5) is 0.892. The third-order valence-corrected chi connectivity index (χ3v) is 6.00. The van der Waals surface area contributed by atoms with Crippen molar-refractivity contribution in [2.24, 2.45) is 0 Å². The largest absolute Gasteiger partial charge is 0.612 e. The summed E-state index contributed by atoms with van der Waals surface area (Å²) in [5.41, 5.74) is 2.19. The molecule has 1 nitrogen and oxygen atoms in total. The molecular formula is C19H14OS2. The molecule has 0 radical (unpaired) electrons. The van der Waals surface area contributed by atoms with E-state index in [2.05, 4.69) is 42.5 Å². The summed E-state index contributed by atoms with van der Waals surface area (Å²) in [6.07, 6.45) is 1.73. The second kappa shape index (κ2) is 5.43. The molecule has 0 fully saturated rings. The number of hydrogen-bond acceptors (Lipinski definition) is 2. The van der Waals surface area contributed by atoms with Crippen LogP contribution in [0.15, 0.2) is 71.6 Å². The van der Waals surface area contributed by atoms with E-state index < -0.39 is 11.2 Å². The van der Waals surface area contributed by atoms with Crippen molar-refractivity contribution >= 4 is 42.7 Å². The molecule has 0 bridgehead atoms. The molecule has 0 N–H and O–H groups in total. The minimum absolute atomic E-state index is 0.892. The topological polar surface area (TPSA) is 23.1 Å². The van der Waals surface area contributed by atoms with Crippen LogP contribution in [0.4, 0.5) is 0 Å². The Morgan fingerprint density at radius 2 is 1.55 bits per heavy atom. The highest BCUT2D eigenvalue weighted by atomic mass is 32.2. The fourth-order valence-corrected chi connectivity index (χ4v) is 4.76. The normalized spacial score (nSPS) is 12.8. The zero-order valence-corrected chi connectivity index (χ0v) is 13.7. The Bertz CT molecular complexity index is 969. The summed E-state index contributed by atoms with van der Waals surface area (Å²) in [6, 6.07) is 23.0. The Morgan fingerprint density at radius 3 is 2.41 bits per heavy atom. The maximum atomic E-state index is 12.0. The third kappa shape index (κ3) is 2.22. The molecule has 0 saturated heterocycles. The molecule has 0 aliphatic rings. The lowest BCUT2D eigenvalue weighted by Gasteiger charge is -2.10. The summed E-state index contributed by atoms with van der Waals surface area (Å²) in [5, 5.41) is 2.60. The number of benzene rings is 3. The van der Waals surface area contributed by atoms with Gasteiger partial charge in [0.05, 0.1) is 0 Å². The molecule has 108 valence electrons. The summed E-state index contributed by atoms with van der Waals surface area (Å²) in [5.74, 6) is 0. The second-order valence-corrected chi connectivity index (χ2v) is 7.69. The first-order chi connectivity index (χ1) is 10.7. The molecular weight excluding hydrogens is 308 g/mol. The molecule has 3 aromatic carbocycles. The average molecular weight is 322 g/mol. The Labute approximate surface area is 136 Å². The highest BCUT2D eigenvalue weighted by Gasteiger charge is 2.13. The van der Waals surface area contributed by atoms with Crippen molar-refractivity contribution < 1.29 is 4.55 Å². The van der Waals surface area contributed by atoms with Crippen LogP contribution in [-0.4, -0.2) is 10.8 Å². The highest BCUT2D eigenvalue weighted by Crippen LogP contribution is 2.37. The highest BCUT2D eigenvalue weighted by molar-refractivity contribution is 7.90. The Kier molecular flexibility index (Phi) is 3.41. The maximum absolute atomic E-state index is 12.0. The van der Waals surface area contributed by atoms with Crippen molar-refractivity contribution in [1.29, 1.82) is 0 Å². The van der Waals surface area contributed by atoms with Crippen LogP contribution >= 0.6 is 11.3 Å². The van der Waals surface area contributed by atoms with Gasteiger partial charge in [0.2, 0.25) is 0 Å². The molecule has 4 aromatic rings. The van der Waals surface area contributed by atoms with Gasteiger partial charge in [-0.2, -0.15) is 0 Å². The molecule has 0 aliphatic carbocycles. The van der Waals surface area contributed by atoms with Gasteiger partial charge in [-0.25, -0.2) is 0 Å². The van der Waals surface area contributed by atoms with Crippen LogP contribution in [0.1, 0.15) is 0 Å². The first-order valence-corrected chi connectivity index (χ1v) is 9.45. The molecule has 1 aromatic heterocycles. The minimum atomic E-state index is -0.986. The van der Waals surface area contributed by atoms with E-state index in [9.17, 15) is 4.55 Å². The number of fused-ring (bicyclic) bond motifs is 3. The molecule has 1 unspecified atom stereocenters. The van der Waals surface area contributed by atoms with Gasteiger partial charge in [0.25, 0.3) is 0 Å². The molecule has 0 spiro atoms. The zero-order valence-electron chi connectivity index (χ0n) is 12.1. The Balaban J connectivity index is 1.95. The van der Waals surface area contributed by atoms with Gasteiger partial charge in [-0.3, -0.25) is 0 Å². The van der Waals surface area contributed by atoms with E-state index in [1.165, 1.54) is 20.2 Å². The molecule has 0 amide bonds. The lowest BCUT2D eigenvalue weighted by molar-refractivity contribution is 0.601. The van der Waals surface area contributed by atoms with Gasteiger partial charge >= 0.3 is 0 Å². The van der Waals surface area contributed by atoms with Gasteiger partial charge < -0.3 is 4.55 Å². The van der Waals surface area contributed by atoms with Crippen LogP contribution in [0.2, 0.25) is 0 Å². The Hall–Kier alpha value is -1.81. The standard InChI is InChI=1S/C19H14OS2/c1-22(20)19-9-5-3-6-14(19)13-10-11-16-15-7-2-4-8-17(15)21-18(16)12-13/h2-12H,1H3. The monoisotopic (exact) mass is 322 g/mol. The van der Waals surface area contributed by atoms with E-state index in [0.717, 1.165) is 16.0 Å². The van der Waals surface area contributed by atoms with Crippen molar-refractivity contribution in [2.75, 3.05) is 6.26 Å². The van der Waals surface area contributed by atoms with E-state index in [1.54, 1.807) is 6.26 Å². The average Bonchev–Trinajstić information content (AvgIpc) is 2.92. The lowest BCUT2D eigenvalue weighted by atomic mass is 10.0. The molecule has 4 rings (SSSR count). The summed E-state index contributed by atoms with van der Waals surface area (Å²) < 4.78 is 14.5. The predicted molar refractivity (Wildman–Crippen MR) is 97.1 cm³/mol. The predicted octanol–water partition coefficient (Wildman–Crippen LogP) is 5.46. The molecule has 3 heteroatoms. The summed E-state index contributed by atoms with van der Waals surface area (Å²) in [6.45, 7) is 0. The quantitative estimate of drug-likeness (QED) is 0.449. The van der Waals surface area contributed by atoms with E-state index in [4.69, 9.17) is 0 Å². The van der Waals surface area contributed by atoms with Gasteiger partial charge in [-0.1, -0.05) is 42.5 Å². The van der Waals surface area contributed by atoms with Crippen LogP contribution in [0.3, 0.4) is 0 Å². The van der Waals surface area contributed by atoms with Gasteiger partial charge in [0.1, 0.15) is 6.26 Å². The van der Waals surface area contributed by atoms with Gasteiger partial charge in [0.15, 0.2) is 4.90 Å². The van der Waals surface area contributed by atoms with Crippen LogP contribution in [0.25, 0.3) is 31.3 Å². The van der Waals surface area contributed by atoms with Gasteiger partial charge in [-0.15, -0.1) is 11.3 Å². The summed E-state index contributed by atoms with van der Waals surface area (Å²) >= 11 is 0.823. The van der Waals surface area contributed by atoms with Crippen molar-refractivity contribution in [3.8, 4) is 11.1 Å².